The van der Waals surface area contributed by atoms with Crippen LogP contribution in [0.4, 0.5) is 85.3 Å². The predicted molar refractivity (Wildman–Crippen MR) is 460 cm³/mol. The van der Waals surface area contributed by atoms with Crippen molar-refractivity contribution in [3.8, 4) is 0 Å². The zero-order valence-electron chi connectivity index (χ0n) is 65.1. The number of para-hydroxylation sites is 8. The lowest BCUT2D eigenvalue weighted by Gasteiger charge is -2.51. The van der Waals surface area contributed by atoms with Crippen molar-refractivity contribution in [2.75, 3.05) is 29.4 Å². The van der Waals surface area contributed by atoms with Gasteiger partial charge in [-0.25, -0.2) is 0 Å². The Morgan fingerprint density at radius 3 is 1.31 bits per heavy atom. The van der Waals surface area contributed by atoms with Gasteiger partial charge in [-0.3, -0.25) is 4.90 Å². The van der Waals surface area contributed by atoms with Gasteiger partial charge >= 0.3 is 0 Å². The van der Waals surface area contributed by atoms with Crippen LogP contribution in [-0.2, 0) is 21.7 Å². The Balaban J connectivity index is 0.925. The van der Waals surface area contributed by atoms with Gasteiger partial charge in [-0.05, 0) is 274 Å². The van der Waals surface area contributed by atoms with E-state index in [4.69, 9.17) is 0 Å². The number of nitrogens with one attached hydrogen (secondary N) is 1. The maximum absolute atomic E-state index is 4.53. The Morgan fingerprint density at radius 2 is 0.759 bits per heavy atom. The van der Waals surface area contributed by atoms with Crippen LogP contribution in [0, 0.1) is 41.5 Å². The smallest absolute Gasteiger partial charge is 0.254 e. The maximum atomic E-state index is 4.53. The van der Waals surface area contributed by atoms with E-state index in [9.17, 15) is 0 Å². The Hall–Kier alpha value is -11.2. The van der Waals surface area contributed by atoms with Crippen molar-refractivity contribution in [2.24, 2.45) is 0 Å². The van der Waals surface area contributed by atoms with Crippen LogP contribution in [0.15, 0.2) is 278 Å². The molecule has 12 aromatic rings. The molecule has 0 bridgehead atoms. The highest BCUT2D eigenvalue weighted by Gasteiger charge is 2.52. The number of hydrogen-bond donors (Lipinski definition) is 1. The maximum Gasteiger partial charge on any atom is 0.254 e. The number of anilines is 15. The van der Waals surface area contributed by atoms with Crippen molar-refractivity contribution in [2.45, 2.75) is 150 Å². The number of dihydropyridines is 1. The molecule has 0 saturated carbocycles. The van der Waals surface area contributed by atoms with Gasteiger partial charge in [0.05, 0.1) is 11.4 Å². The van der Waals surface area contributed by atoms with E-state index >= 15 is 0 Å². The molecule has 1 atom stereocenters. The quantitative estimate of drug-likeness (QED) is 0.137. The summed E-state index contributed by atoms with van der Waals surface area (Å²) in [6.45, 7) is 32.9. The molecule has 1 N–H and O–H groups in total. The van der Waals surface area contributed by atoms with Crippen molar-refractivity contribution < 1.29 is 0 Å². The third kappa shape index (κ3) is 10.3. The van der Waals surface area contributed by atoms with Crippen LogP contribution < -0.4 is 62.0 Å². The Labute approximate surface area is 640 Å². The summed E-state index contributed by atoms with van der Waals surface area (Å²) >= 11 is 0. The molecule has 7 nitrogen and oxygen atoms in total. The molecule has 2 aliphatic carbocycles. The summed E-state index contributed by atoms with van der Waals surface area (Å²) in [5, 5.41) is 4.53. The number of nitrogens with zero attached hydrogens (tertiary/aromatic N) is 6. The van der Waals surface area contributed by atoms with E-state index in [0.29, 0.717) is 0 Å². The normalized spacial score (nSPS) is 17.6. The molecule has 9 heteroatoms. The molecule has 7 aliphatic rings. The second kappa shape index (κ2) is 24.7. The zero-order chi connectivity index (χ0) is 74.2. The average molecular weight is 1400 g/mol. The average Bonchev–Trinajstić information content (AvgIpc) is 0.681. The largest absolute Gasteiger partial charge is 0.348 e. The monoisotopic (exact) mass is 1400 g/mol. The molecule has 0 spiro atoms. The lowest BCUT2D eigenvalue weighted by molar-refractivity contribution is 0.332. The third-order valence-corrected chi connectivity index (χ3v) is 25.9. The first-order valence-electron chi connectivity index (χ1n) is 39.3. The number of allylic oxidation sites excluding steroid dienone is 1. The number of aryl methyl sites for hydroxylation is 6. The van der Waals surface area contributed by atoms with E-state index in [-0.39, 0.29) is 41.3 Å². The molecule has 5 heterocycles. The highest BCUT2D eigenvalue weighted by Crippen LogP contribution is 2.56. The molecule has 1 unspecified atom stereocenters. The topological polar surface area (TPSA) is 31.5 Å². The van der Waals surface area contributed by atoms with E-state index < -0.39 is 0 Å². The van der Waals surface area contributed by atoms with Crippen molar-refractivity contribution in [1.29, 1.82) is 0 Å². The second-order valence-corrected chi connectivity index (χ2v) is 34.5. The second-order valence-electron chi connectivity index (χ2n) is 34.5. The number of benzene rings is 12. The van der Waals surface area contributed by atoms with Crippen LogP contribution in [0.25, 0.3) is 0 Å². The molecular formula is C99H95B2N7. The first-order chi connectivity index (χ1) is 52.1. The standard InChI is InChI=1S/C99H95B2N7/c1-62-31-21-25-43-81(62)106(93-64(3)33-29-34-65(93)4)72-57-87-91-88(58-72)104(70-47-49-73-75(55-70)98(11,12)53-51-96(73,7)8)83-45-27-23-41-77(83)100(91)79-59-80-86(60-85(79)103(87)68-37-17-15-18-38-68)107(69-39-19-16-20-40-69)95-92-89(61-90(102-95)108(82-44-26-22-32-63(82)2)94-66(5)35-30-36-67(94)6)105(84-46-28-24-42-78(84)101(80)92)71-48-50-74-76(56-71)99(13,14)54-52-97(74,9)10/h15-50,55-61,90,102H,51-54H2,1-14H3. The molecule has 19 rings (SSSR count). The van der Waals surface area contributed by atoms with Crippen molar-refractivity contribution in [3.05, 3.63) is 333 Å². The molecule has 0 aromatic heterocycles. The van der Waals surface area contributed by atoms with Gasteiger partial charge in [0.25, 0.3) is 13.4 Å². The van der Waals surface area contributed by atoms with Crippen LogP contribution in [0.1, 0.15) is 137 Å². The zero-order valence-corrected chi connectivity index (χ0v) is 65.1. The molecule has 5 aliphatic heterocycles. The first kappa shape index (κ1) is 67.5. The molecule has 0 fully saturated rings. The van der Waals surface area contributed by atoms with Crippen LogP contribution in [0.5, 0.6) is 0 Å². The summed E-state index contributed by atoms with van der Waals surface area (Å²) in [4.78, 5) is 15.7. The van der Waals surface area contributed by atoms with Crippen LogP contribution in [0.2, 0.25) is 0 Å². The number of fused-ring (bicyclic) bond motifs is 10. The van der Waals surface area contributed by atoms with Crippen molar-refractivity contribution >= 4 is 126 Å². The van der Waals surface area contributed by atoms with Crippen LogP contribution in [0.3, 0.4) is 0 Å². The van der Waals surface area contributed by atoms with Gasteiger partial charge in [0.15, 0.2) is 0 Å². The summed E-state index contributed by atoms with van der Waals surface area (Å²) in [6.07, 6.45) is 6.75. The lowest BCUT2D eigenvalue weighted by atomic mass is 9.30. The van der Waals surface area contributed by atoms with Gasteiger partial charge in [-0.1, -0.05) is 219 Å². The van der Waals surface area contributed by atoms with E-state index in [1.165, 1.54) is 134 Å². The van der Waals surface area contributed by atoms with E-state index in [2.05, 4.69) is 393 Å². The summed E-state index contributed by atoms with van der Waals surface area (Å²) in [7, 11) is 0. The summed E-state index contributed by atoms with van der Waals surface area (Å²) in [5.74, 6) is 1.06. The molecule has 0 amide bonds. The fourth-order valence-electron chi connectivity index (χ4n) is 20.1. The number of hydrogen-bond acceptors (Lipinski definition) is 7. The molecule has 0 saturated heterocycles. The van der Waals surface area contributed by atoms with Crippen molar-refractivity contribution in [1.82, 2.24) is 5.32 Å². The van der Waals surface area contributed by atoms with Crippen molar-refractivity contribution in [3.63, 3.8) is 0 Å². The number of rotatable bonds is 10. The van der Waals surface area contributed by atoms with Gasteiger partial charge in [0, 0.05) is 79.6 Å². The van der Waals surface area contributed by atoms with Gasteiger partial charge in [0.2, 0.25) is 0 Å². The summed E-state index contributed by atoms with van der Waals surface area (Å²) in [5.41, 5.74) is 39.2. The Morgan fingerprint density at radius 1 is 0.333 bits per heavy atom. The van der Waals surface area contributed by atoms with Gasteiger partial charge in [-0.2, -0.15) is 0 Å². The van der Waals surface area contributed by atoms with Gasteiger partial charge < -0.3 is 29.8 Å². The first-order valence-corrected chi connectivity index (χ1v) is 39.3. The highest BCUT2D eigenvalue weighted by atomic mass is 15.4. The minimum Gasteiger partial charge on any atom is -0.348 e. The van der Waals surface area contributed by atoms with E-state index in [1.807, 2.05) is 0 Å². The molecule has 532 valence electrons. The summed E-state index contributed by atoms with van der Waals surface area (Å²) in [6, 6.07) is 98.3. The highest BCUT2D eigenvalue weighted by molar-refractivity contribution is 7.01. The fourth-order valence-corrected chi connectivity index (χ4v) is 20.1. The van der Waals surface area contributed by atoms with E-state index in [0.717, 1.165) is 77.0 Å². The Kier molecular flexibility index (Phi) is 15.4. The molecule has 108 heavy (non-hydrogen) atoms. The SMILES string of the molecule is Cc1ccccc1N(c1cc2c3c(c1)N(c1ccccc1)c1cc4c(cc1B3c1ccccc1N2c1ccc2c(c1)C(C)(C)CCC2(C)C)B1C2=C(NC(N(c3ccccc3C)c3c(C)cccc3C)C=C2N(c2ccc3c(c2)C(C)(C)CCC3(C)C)c2ccccc21)N4c1ccccc1)c1c(C)cccc1C. The minimum atomic E-state index is -0.376. The minimum absolute atomic E-state index is 0.0252. The Bertz CT molecular complexity index is 5740. The lowest BCUT2D eigenvalue weighted by Crippen LogP contribution is -2.65. The van der Waals surface area contributed by atoms with Crippen LogP contribution >= 0.6 is 0 Å². The van der Waals surface area contributed by atoms with Gasteiger partial charge in [0.1, 0.15) is 12.0 Å². The van der Waals surface area contributed by atoms with E-state index in [1.54, 1.807) is 0 Å². The van der Waals surface area contributed by atoms with Crippen LogP contribution in [-0.4, -0.2) is 19.6 Å². The van der Waals surface area contributed by atoms with Gasteiger partial charge in [-0.15, -0.1) is 0 Å². The molecule has 12 aromatic carbocycles. The fraction of sp³-hybridized carbons (Fsp3) is 0.232. The molecular weight excluding hydrogens is 1310 g/mol. The summed E-state index contributed by atoms with van der Waals surface area (Å²) < 4.78 is 0. The third-order valence-electron chi connectivity index (χ3n) is 25.9. The molecule has 0 radical (unpaired) electrons. The predicted octanol–water partition coefficient (Wildman–Crippen LogP) is 22.1.